The second-order valence-electron chi connectivity index (χ2n) is 10.2. The van der Waals surface area contributed by atoms with Gasteiger partial charge in [-0.15, -0.1) is 0 Å². The highest BCUT2D eigenvalue weighted by Crippen LogP contribution is 2.48. The molecule has 0 radical (unpaired) electrons. The van der Waals surface area contributed by atoms with Crippen molar-refractivity contribution in [3.8, 4) is 5.75 Å². The fraction of sp³-hybridized carbons (Fsp3) is 0.640. The van der Waals surface area contributed by atoms with Crippen LogP contribution in [0.15, 0.2) is 24.4 Å². The predicted octanol–water partition coefficient (Wildman–Crippen LogP) is 5.67. The van der Waals surface area contributed by atoms with E-state index in [1.807, 2.05) is 47.6 Å². The van der Waals surface area contributed by atoms with Crippen LogP contribution in [0.3, 0.4) is 0 Å². The summed E-state index contributed by atoms with van der Waals surface area (Å²) in [6, 6.07) is 6.27. The summed E-state index contributed by atoms with van der Waals surface area (Å²) in [5, 5.41) is 1.33. The van der Waals surface area contributed by atoms with Crippen molar-refractivity contribution in [1.82, 2.24) is 9.47 Å². The second kappa shape index (κ2) is 13.4. The lowest BCUT2D eigenvalue weighted by molar-refractivity contribution is -0.147. The molecule has 0 fully saturated rings. The van der Waals surface area contributed by atoms with E-state index in [2.05, 4.69) is 53.7 Å². The lowest BCUT2D eigenvalue weighted by atomic mass is 10.1. The third-order valence-electron chi connectivity index (χ3n) is 4.29. The summed E-state index contributed by atoms with van der Waals surface area (Å²) in [7, 11) is 6.43. The molecule has 1 aromatic carbocycles. The highest BCUT2D eigenvalue weighted by molar-refractivity contribution is 7.41. The van der Waals surface area contributed by atoms with Crippen molar-refractivity contribution < 1.29 is 27.8 Å². The summed E-state index contributed by atoms with van der Waals surface area (Å²) in [5.41, 5.74) is 1.85. The van der Waals surface area contributed by atoms with E-state index in [0.717, 1.165) is 18.7 Å². The molecule has 1 heterocycles. The van der Waals surface area contributed by atoms with Gasteiger partial charge in [0, 0.05) is 31.2 Å². The van der Waals surface area contributed by atoms with Gasteiger partial charge in [0.05, 0.1) is 23.8 Å². The van der Waals surface area contributed by atoms with E-state index >= 15 is 0 Å². The third kappa shape index (κ3) is 11.6. The average molecular weight is 499 g/mol. The van der Waals surface area contributed by atoms with Gasteiger partial charge in [0.15, 0.2) is 0 Å². The standard InChI is InChI=1S/C14H20N2O.C11H23O5P/c1-15(2)8-7-11-10-16(3)14-9-12(17-4)5-6-13(11)14;1-9(13-8-12)14-17(15-10(2,3)4)16-11(5,6)7/h5-6,9-10H,7-8H2,1-4H3;8-9H,1-7H3. The highest BCUT2D eigenvalue weighted by Gasteiger charge is 2.29. The van der Waals surface area contributed by atoms with Crippen LogP contribution in [0.4, 0.5) is 0 Å². The Bertz CT molecular complexity index is 870. The molecule has 0 aliphatic carbocycles. The molecule has 2 aromatic rings. The first-order valence-corrected chi connectivity index (χ1v) is 12.5. The molecule has 0 aliphatic heterocycles. The minimum Gasteiger partial charge on any atom is -0.497 e. The Morgan fingerprint density at radius 1 is 1.09 bits per heavy atom. The zero-order valence-electron chi connectivity index (χ0n) is 22.7. The van der Waals surface area contributed by atoms with Crippen molar-refractivity contribution in [2.75, 3.05) is 27.7 Å². The lowest BCUT2D eigenvalue weighted by Gasteiger charge is -2.31. The van der Waals surface area contributed by atoms with Crippen LogP contribution in [0.2, 0.25) is 0 Å². The third-order valence-corrected chi connectivity index (χ3v) is 6.15. The van der Waals surface area contributed by atoms with E-state index in [-0.39, 0.29) is 0 Å². The van der Waals surface area contributed by atoms with E-state index in [0.29, 0.717) is 6.47 Å². The van der Waals surface area contributed by atoms with Gasteiger partial charge >= 0.3 is 8.60 Å². The Hall–Kier alpha value is -1.70. The summed E-state index contributed by atoms with van der Waals surface area (Å²) in [4.78, 5) is 12.4. The van der Waals surface area contributed by atoms with Crippen molar-refractivity contribution in [1.29, 1.82) is 0 Å². The number of methoxy groups -OCH3 is 1. The quantitative estimate of drug-likeness (QED) is 0.237. The number of likely N-dealkylation sites (N-methyl/N-ethyl adjacent to an activating group) is 1. The van der Waals surface area contributed by atoms with Gasteiger partial charge in [0.2, 0.25) is 6.29 Å². The Morgan fingerprint density at radius 3 is 2.15 bits per heavy atom. The van der Waals surface area contributed by atoms with Crippen molar-refractivity contribution in [2.24, 2.45) is 7.05 Å². The molecule has 1 atom stereocenters. The number of aryl methyl sites for hydroxylation is 1. The molecule has 0 spiro atoms. The Morgan fingerprint density at radius 2 is 1.68 bits per heavy atom. The zero-order chi connectivity index (χ0) is 26.1. The van der Waals surface area contributed by atoms with Crippen LogP contribution in [-0.2, 0) is 36.6 Å². The second-order valence-corrected chi connectivity index (χ2v) is 11.3. The molecule has 2 rings (SSSR count). The molecule has 0 aliphatic rings. The van der Waals surface area contributed by atoms with Crippen molar-refractivity contribution in [2.45, 2.75) is 72.4 Å². The summed E-state index contributed by atoms with van der Waals surface area (Å²) in [6.45, 7) is 14.5. The van der Waals surface area contributed by atoms with Crippen molar-refractivity contribution >= 4 is 26.0 Å². The van der Waals surface area contributed by atoms with Crippen molar-refractivity contribution in [3.05, 3.63) is 30.0 Å². The number of nitrogens with zero attached hydrogens (tertiary/aromatic N) is 2. The van der Waals surface area contributed by atoms with Crippen LogP contribution in [-0.4, -0.2) is 61.2 Å². The highest BCUT2D eigenvalue weighted by atomic mass is 31.2. The summed E-state index contributed by atoms with van der Waals surface area (Å²) in [5.74, 6) is 0.915. The van der Waals surface area contributed by atoms with E-state index in [4.69, 9.17) is 18.3 Å². The molecule has 1 aromatic heterocycles. The first-order valence-electron chi connectivity index (χ1n) is 11.4. The average Bonchev–Trinajstić information content (AvgIpc) is 2.99. The Labute approximate surface area is 206 Å². The fourth-order valence-electron chi connectivity index (χ4n) is 2.85. The van der Waals surface area contributed by atoms with Crippen LogP contribution >= 0.6 is 8.60 Å². The summed E-state index contributed by atoms with van der Waals surface area (Å²) < 4.78 is 28.8. The van der Waals surface area contributed by atoms with E-state index in [9.17, 15) is 4.79 Å². The number of aromatic nitrogens is 1. The number of ether oxygens (including phenoxy) is 2. The van der Waals surface area contributed by atoms with E-state index in [1.54, 1.807) is 14.0 Å². The molecule has 8 nitrogen and oxygen atoms in total. The fourth-order valence-corrected chi connectivity index (χ4v) is 4.16. The lowest BCUT2D eigenvalue weighted by Crippen LogP contribution is -2.24. The van der Waals surface area contributed by atoms with Gasteiger partial charge in [-0.2, -0.15) is 0 Å². The van der Waals surface area contributed by atoms with Gasteiger partial charge in [-0.3, -0.25) is 9.32 Å². The molecular formula is C25H43N2O6P. The normalized spacial score (nSPS) is 13.1. The molecule has 1 unspecified atom stereocenters. The number of carbonyl (C=O) groups is 1. The van der Waals surface area contributed by atoms with Crippen molar-refractivity contribution in [3.63, 3.8) is 0 Å². The number of hydrogen-bond acceptors (Lipinski definition) is 7. The molecule has 0 saturated heterocycles. The molecule has 0 N–H and O–H groups in total. The molecule has 34 heavy (non-hydrogen) atoms. The van der Waals surface area contributed by atoms with Gasteiger partial charge in [-0.25, -0.2) is 0 Å². The van der Waals surface area contributed by atoms with Crippen LogP contribution in [0.1, 0.15) is 54.0 Å². The van der Waals surface area contributed by atoms with Gasteiger partial charge in [0.25, 0.3) is 6.47 Å². The van der Waals surface area contributed by atoms with Crippen LogP contribution in [0.25, 0.3) is 10.9 Å². The van der Waals surface area contributed by atoms with E-state index < -0.39 is 26.1 Å². The topological polar surface area (TPSA) is 71.4 Å². The maximum Gasteiger partial charge on any atom is 0.336 e. The van der Waals surface area contributed by atoms with Gasteiger partial charge in [-0.1, -0.05) is 0 Å². The summed E-state index contributed by atoms with van der Waals surface area (Å²) in [6.07, 6.45) is 2.60. The van der Waals surface area contributed by atoms with Crippen LogP contribution in [0.5, 0.6) is 5.75 Å². The number of rotatable bonds is 10. The monoisotopic (exact) mass is 498 g/mol. The summed E-state index contributed by atoms with van der Waals surface area (Å²) >= 11 is 0. The molecule has 9 heteroatoms. The minimum atomic E-state index is -1.57. The SMILES string of the molecule is CC(OC=O)OP(OC(C)(C)C)OC(C)(C)C.COc1ccc2c(CCN(C)C)cn(C)c2c1. The Balaban J connectivity index is 0.000000340. The number of fused-ring (bicyclic) bond motifs is 1. The van der Waals surface area contributed by atoms with Crippen LogP contribution in [0, 0.1) is 0 Å². The van der Waals surface area contributed by atoms with Gasteiger partial charge in [0.1, 0.15) is 5.75 Å². The zero-order valence-corrected chi connectivity index (χ0v) is 23.6. The first kappa shape index (κ1) is 30.3. The predicted molar refractivity (Wildman–Crippen MR) is 138 cm³/mol. The molecule has 194 valence electrons. The minimum absolute atomic E-state index is 0.340. The first-order chi connectivity index (χ1) is 15.6. The number of benzene rings is 1. The molecular weight excluding hydrogens is 455 g/mol. The van der Waals surface area contributed by atoms with Gasteiger partial charge in [-0.05, 0) is 86.7 Å². The molecule has 0 saturated carbocycles. The largest absolute Gasteiger partial charge is 0.497 e. The van der Waals surface area contributed by atoms with Gasteiger partial charge < -0.3 is 28.0 Å². The maximum atomic E-state index is 10.2. The van der Waals surface area contributed by atoms with Crippen LogP contribution < -0.4 is 4.74 Å². The Kier molecular flexibility index (Phi) is 12.0. The van der Waals surface area contributed by atoms with E-state index in [1.165, 1.54) is 16.5 Å². The molecule has 0 bridgehead atoms. The number of hydrogen-bond donors (Lipinski definition) is 0. The maximum absolute atomic E-state index is 10.2. The smallest absolute Gasteiger partial charge is 0.336 e. The molecule has 0 amide bonds. The number of carbonyl (C=O) groups excluding carboxylic acids is 1.